The van der Waals surface area contributed by atoms with Crippen molar-refractivity contribution in [3.63, 3.8) is 0 Å². The number of aromatic nitrogens is 3. The summed E-state index contributed by atoms with van der Waals surface area (Å²) in [6.07, 6.45) is 2.64. The Morgan fingerprint density at radius 3 is 2.72 bits per heavy atom. The van der Waals surface area contributed by atoms with Gasteiger partial charge in [0.25, 0.3) is 0 Å². The maximum absolute atomic E-state index is 4.06. The molecule has 0 aliphatic rings. The summed E-state index contributed by atoms with van der Waals surface area (Å²) in [5.74, 6) is 1.02. The summed E-state index contributed by atoms with van der Waals surface area (Å²) < 4.78 is 1.96. The van der Waals surface area contributed by atoms with Crippen molar-refractivity contribution in [1.82, 2.24) is 20.1 Å². The molecular formula is C14H20N4. The first-order valence-electron chi connectivity index (χ1n) is 6.26. The zero-order valence-corrected chi connectivity index (χ0v) is 11.3. The first-order chi connectivity index (χ1) is 8.66. The third-order valence-electron chi connectivity index (χ3n) is 3.23. The summed E-state index contributed by atoms with van der Waals surface area (Å²) in [5.41, 5.74) is 4.02. The van der Waals surface area contributed by atoms with Crippen molar-refractivity contribution in [2.24, 2.45) is 7.05 Å². The fraction of sp³-hybridized carbons (Fsp3) is 0.429. The standard InChI is InChI=1S/C14H20N4/c1-11-4-5-13(8-12(11)2)9-15-7-6-14-17-16-10-18(14)3/h4-5,8,10,15H,6-7,9H2,1-3H3. The molecule has 0 aliphatic carbocycles. The average Bonchev–Trinajstić information content (AvgIpc) is 2.75. The Hall–Kier alpha value is -1.68. The number of benzene rings is 1. The topological polar surface area (TPSA) is 42.7 Å². The summed E-state index contributed by atoms with van der Waals surface area (Å²) in [7, 11) is 1.97. The molecular weight excluding hydrogens is 224 g/mol. The van der Waals surface area contributed by atoms with Crippen molar-refractivity contribution < 1.29 is 0 Å². The highest BCUT2D eigenvalue weighted by Crippen LogP contribution is 2.09. The first kappa shape index (κ1) is 12.8. The monoisotopic (exact) mass is 244 g/mol. The van der Waals surface area contributed by atoms with Crippen molar-refractivity contribution in [2.45, 2.75) is 26.8 Å². The Labute approximate surface area is 108 Å². The van der Waals surface area contributed by atoms with E-state index in [0.717, 1.165) is 25.3 Å². The van der Waals surface area contributed by atoms with E-state index in [9.17, 15) is 0 Å². The first-order valence-corrected chi connectivity index (χ1v) is 6.26. The van der Waals surface area contributed by atoms with Crippen LogP contribution in [0.25, 0.3) is 0 Å². The Balaban J connectivity index is 1.78. The fourth-order valence-electron chi connectivity index (χ4n) is 1.88. The van der Waals surface area contributed by atoms with Gasteiger partial charge in [-0.3, -0.25) is 0 Å². The van der Waals surface area contributed by atoms with Crippen LogP contribution >= 0.6 is 0 Å². The van der Waals surface area contributed by atoms with Crippen LogP contribution in [0.1, 0.15) is 22.5 Å². The molecule has 1 aromatic carbocycles. The summed E-state index contributed by atoms with van der Waals surface area (Å²) in [4.78, 5) is 0. The quantitative estimate of drug-likeness (QED) is 0.815. The lowest BCUT2D eigenvalue weighted by molar-refractivity contribution is 0.653. The predicted molar refractivity (Wildman–Crippen MR) is 72.3 cm³/mol. The second kappa shape index (κ2) is 5.78. The third-order valence-corrected chi connectivity index (χ3v) is 3.23. The molecule has 2 aromatic rings. The average molecular weight is 244 g/mol. The van der Waals surface area contributed by atoms with Crippen molar-refractivity contribution in [3.8, 4) is 0 Å². The van der Waals surface area contributed by atoms with Gasteiger partial charge in [0.15, 0.2) is 0 Å². The van der Waals surface area contributed by atoms with Crippen LogP contribution in [0.4, 0.5) is 0 Å². The van der Waals surface area contributed by atoms with Gasteiger partial charge in [-0.15, -0.1) is 10.2 Å². The Morgan fingerprint density at radius 2 is 2.06 bits per heavy atom. The normalized spacial score (nSPS) is 10.8. The number of aryl methyl sites for hydroxylation is 3. The number of nitrogens with one attached hydrogen (secondary N) is 1. The van der Waals surface area contributed by atoms with Crippen molar-refractivity contribution in [2.75, 3.05) is 6.54 Å². The lowest BCUT2D eigenvalue weighted by Crippen LogP contribution is -2.18. The van der Waals surface area contributed by atoms with Crippen LogP contribution < -0.4 is 5.32 Å². The summed E-state index contributed by atoms with van der Waals surface area (Å²) >= 11 is 0. The summed E-state index contributed by atoms with van der Waals surface area (Å²) in [5, 5.41) is 11.4. The molecule has 0 saturated carbocycles. The zero-order chi connectivity index (χ0) is 13.0. The van der Waals surface area contributed by atoms with Gasteiger partial charge in [-0.25, -0.2) is 0 Å². The van der Waals surface area contributed by atoms with E-state index in [1.165, 1.54) is 16.7 Å². The van der Waals surface area contributed by atoms with Crippen LogP contribution in [0.3, 0.4) is 0 Å². The van der Waals surface area contributed by atoms with Gasteiger partial charge in [-0.1, -0.05) is 18.2 Å². The van der Waals surface area contributed by atoms with E-state index in [4.69, 9.17) is 0 Å². The molecule has 0 amide bonds. The number of nitrogens with zero attached hydrogens (tertiary/aromatic N) is 3. The second-order valence-electron chi connectivity index (χ2n) is 4.70. The Bertz CT molecular complexity index is 516. The minimum atomic E-state index is 0.902. The lowest BCUT2D eigenvalue weighted by atomic mass is 10.1. The Morgan fingerprint density at radius 1 is 1.22 bits per heavy atom. The fourth-order valence-corrected chi connectivity index (χ4v) is 1.88. The van der Waals surface area contributed by atoms with E-state index in [1.807, 2.05) is 11.6 Å². The van der Waals surface area contributed by atoms with Crippen LogP contribution in [-0.2, 0) is 20.0 Å². The minimum Gasteiger partial charge on any atom is -0.321 e. The molecule has 1 N–H and O–H groups in total. The van der Waals surface area contributed by atoms with Crippen LogP contribution in [-0.4, -0.2) is 21.3 Å². The maximum atomic E-state index is 4.06. The number of hydrogen-bond acceptors (Lipinski definition) is 3. The van der Waals surface area contributed by atoms with Gasteiger partial charge in [0.1, 0.15) is 12.2 Å². The molecule has 0 spiro atoms. The number of rotatable bonds is 5. The van der Waals surface area contributed by atoms with Gasteiger partial charge in [0, 0.05) is 26.6 Å². The van der Waals surface area contributed by atoms with Crippen LogP contribution in [0.15, 0.2) is 24.5 Å². The molecule has 0 fully saturated rings. The highest BCUT2D eigenvalue weighted by Gasteiger charge is 2.00. The van der Waals surface area contributed by atoms with Gasteiger partial charge in [0.05, 0.1) is 0 Å². The summed E-state index contributed by atoms with van der Waals surface area (Å²) in [6, 6.07) is 6.59. The van der Waals surface area contributed by atoms with Crippen LogP contribution in [0.2, 0.25) is 0 Å². The van der Waals surface area contributed by atoms with E-state index in [-0.39, 0.29) is 0 Å². The molecule has 0 radical (unpaired) electrons. The SMILES string of the molecule is Cc1ccc(CNCCc2nncn2C)cc1C. The van der Waals surface area contributed by atoms with Gasteiger partial charge in [0.2, 0.25) is 0 Å². The third kappa shape index (κ3) is 3.17. The maximum Gasteiger partial charge on any atom is 0.133 e. The molecule has 0 aliphatic heterocycles. The van der Waals surface area contributed by atoms with Gasteiger partial charge >= 0.3 is 0 Å². The second-order valence-corrected chi connectivity index (χ2v) is 4.70. The van der Waals surface area contributed by atoms with E-state index >= 15 is 0 Å². The van der Waals surface area contributed by atoms with Crippen LogP contribution in [0.5, 0.6) is 0 Å². The summed E-state index contributed by atoms with van der Waals surface area (Å²) in [6.45, 7) is 6.11. The van der Waals surface area contributed by atoms with E-state index in [2.05, 4.69) is 47.6 Å². The highest BCUT2D eigenvalue weighted by molar-refractivity contribution is 5.29. The smallest absolute Gasteiger partial charge is 0.133 e. The molecule has 4 nitrogen and oxygen atoms in total. The molecule has 1 heterocycles. The van der Waals surface area contributed by atoms with Gasteiger partial charge in [-0.05, 0) is 30.5 Å². The van der Waals surface area contributed by atoms with E-state index in [0.29, 0.717) is 0 Å². The van der Waals surface area contributed by atoms with Crippen LogP contribution in [0, 0.1) is 13.8 Å². The molecule has 2 rings (SSSR count). The Kier molecular flexibility index (Phi) is 4.10. The van der Waals surface area contributed by atoms with Gasteiger partial charge in [-0.2, -0.15) is 0 Å². The molecule has 4 heteroatoms. The number of hydrogen-bond donors (Lipinski definition) is 1. The minimum absolute atomic E-state index is 0.902. The van der Waals surface area contributed by atoms with E-state index in [1.54, 1.807) is 6.33 Å². The molecule has 96 valence electrons. The molecule has 0 bridgehead atoms. The van der Waals surface area contributed by atoms with Crippen molar-refractivity contribution in [1.29, 1.82) is 0 Å². The molecule has 0 saturated heterocycles. The molecule has 0 atom stereocenters. The largest absolute Gasteiger partial charge is 0.321 e. The lowest BCUT2D eigenvalue weighted by Gasteiger charge is -2.07. The zero-order valence-electron chi connectivity index (χ0n) is 11.3. The van der Waals surface area contributed by atoms with Gasteiger partial charge < -0.3 is 9.88 Å². The van der Waals surface area contributed by atoms with Crippen molar-refractivity contribution in [3.05, 3.63) is 47.0 Å². The highest BCUT2D eigenvalue weighted by atomic mass is 15.2. The van der Waals surface area contributed by atoms with E-state index < -0.39 is 0 Å². The predicted octanol–water partition coefficient (Wildman–Crippen LogP) is 1.76. The van der Waals surface area contributed by atoms with Crippen molar-refractivity contribution >= 4 is 0 Å². The molecule has 0 unspecified atom stereocenters. The molecule has 1 aromatic heterocycles. The molecule has 18 heavy (non-hydrogen) atoms.